The zero-order chi connectivity index (χ0) is 25.9. The van der Waals surface area contributed by atoms with Crippen LogP contribution in [0, 0.1) is 12.3 Å². The van der Waals surface area contributed by atoms with E-state index in [1.807, 2.05) is 17.2 Å². The lowest BCUT2D eigenvalue weighted by molar-refractivity contribution is -0.148. The molecule has 1 spiro atoms. The number of ether oxygens (including phenoxy) is 2. The van der Waals surface area contributed by atoms with E-state index in [1.165, 1.54) is 12.5 Å². The first-order chi connectivity index (χ1) is 17.7. The SMILES string of the molecule is CO[C@@]1(c2cc(C)cc(-n3cc(C4CC5(C4)CN(C(C)=O)C5)c4cnc(NC(C)=O)cc43)n2)CCOC1. The van der Waals surface area contributed by atoms with Gasteiger partial charge >= 0.3 is 0 Å². The highest BCUT2D eigenvalue weighted by Gasteiger charge is 2.53. The topological polar surface area (TPSA) is 98.6 Å². The van der Waals surface area contributed by atoms with Crippen LogP contribution in [0.15, 0.2) is 30.6 Å². The van der Waals surface area contributed by atoms with Gasteiger partial charge in [0, 0.05) is 76.3 Å². The van der Waals surface area contributed by atoms with Gasteiger partial charge in [0.25, 0.3) is 0 Å². The number of aromatic nitrogens is 3. The monoisotopic (exact) mass is 503 g/mol. The molecule has 1 N–H and O–H groups in total. The third-order valence-corrected chi connectivity index (χ3v) is 8.37. The van der Waals surface area contributed by atoms with Crippen LogP contribution in [0.1, 0.15) is 55.8 Å². The van der Waals surface area contributed by atoms with Crippen molar-refractivity contribution in [1.29, 1.82) is 0 Å². The number of likely N-dealkylation sites (tertiary alicyclic amines) is 1. The van der Waals surface area contributed by atoms with E-state index in [0.29, 0.717) is 24.9 Å². The molecule has 0 radical (unpaired) electrons. The molecule has 5 heterocycles. The first-order valence-corrected chi connectivity index (χ1v) is 12.9. The number of nitrogens with one attached hydrogen (secondary N) is 1. The van der Waals surface area contributed by atoms with Gasteiger partial charge in [0.05, 0.1) is 17.8 Å². The van der Waals surface area contributed by atoms with Crippen LogP contribution in [0.4, 0.5) is 5.82 Å². The number of amides is 2. The Hall–Kier alpha value is -3.30. The van der Waals surface area contributed by atoms with E-state index in [4.69, 9.17) is 14.5 Å². The zero-order valence-electron chi connectivity index (χ0n) is 21.8. The number of anilines is 1. The maximum atomic E-state index is 11.7. The predicted molar refractivity (Wildman–Crippen MR) is 139 cm³/mol. The van der Waals surface area contributed by atoms with Gasteiger partial charge in [-0.3, -0.25) is 9.59 Å². The van der Waals surface area contributed by atoms with E-state index in [-0.39, 0.29) is 17.2 Å². The van der Waals surface area contributed by atoms with Crippen LogP contribution in [0.2, 0.25) is 0 Å². The lowest BCUT2D eigenvalue weighted by Gasteiger charge is -2.59. The molecule has 3 fully saturated rings. The highest BCUT2D eigenvalue weighted by Crippen LogP contribution is 2.57. The summed E-state index contributed by atoms with van der Waals surface area (Å²) < 4.78 is 13.7. The molecule has 2 aliphatic heterocycles. The van der Waals surface area contributed by atoms with E-state index in [1.54, 1.807) is 14.0 Å². The van der Waals surface area contributed by atoms with Gasteiger partial charge in [-0.05, 0) is 48.9 Å². The summed E-state index contributed by atoms with van der Waals surface area (Å²) in [6.07, 6.45) is 6.91. The number of nitrogens with zero attached hydrogens (tertiary/aromatic N) is 4. The van der Waals surface area contributed by atoms with Gasteiger partial charge in [-0.15, -0.1) is 0 Å². The van der Waals surface area contributed by atoms with Crippen LogP contribution < -0.4 is 5.32 Å². The molecule has 1 saturated carbocycles. The fourth-order valence-corrected chi connectivity index (χ4v) is 6.38. The number of carbonyl (C=O) groups is 2. The third-order valence-electron chi connectivity index (χ3n) is 8.37. The minimum atomic E-state index is -0.553. The standard InChI is InChI=1S/C28H33N5O4/c1-17-7-24(28(36-4)5-6-37-16-28)31-26(8-17)33-13-22(20-10-27(11-20)14-32(15-27)19(3)35)21-12-29-25(9-23(21)33)30-18(2)34/h7-9,12-13,20H,5-6,10-11,14-16H2,1-4H3,(H,29,30,34)/t28-/m0/s1. The first kappa shape index (κ1) is 24.1. The van der Waals surface area contributed by atoms with Gasteiger partial charge < -0.3 is 24.3 Å². The Morgan fingerprint density at radius 3 is 2.62 bits per heavy atom. The number of hydrogen-bond acceptors (Lipinski definition) is 6. The Labute approximate surface area is 216 Å². The van der Waals surface area contributed by atoms with Crippen molar-refractivity contribution in [1.82, 2.24) is 19.4 Å². The summed E-state index contributed by atoms with van der Waals surface area (Å²) in [5.41, 5.74) is 3.83. The van der Waals surface area contributed by atoms with Gasteiger partial charge in [-0.1, -0.05) is 0 Å². The molecule has 0 unspecified atom stereocenters. The summed E-state index contributed by atoms with van der Waals surface area (Å²) in [4.78, 5) is 35.0. The number of aryl methyl sites for hydroxylation is 1. The van der Waals surface area contributed by atoms with Gasteiger partial charge in [-0.25, -0.2) is 9.97 Å². The quantitative estimate of drug-likeness (QED) is 0.571. The van der Waals surface area contributed by atoms with Crippen LogP contribution in [-0.4, -0.2) is 64.7 Å². The largest absolute Gasteiger partial charge is 0.378 e. The maximum Gasteiger partial charge on any atom is 0.222 e. The van der Waals surface area contributed by atoms with E-state index < -0.39 is 5.60 Å². The number of hydrogen-bond donors (Lipinski definition) is 1. The average Bonchev–Trinajstić information content (AvgIpc) is 3.42. The van der Waals surface area contributed by atoms with E-state index in [0.717, 1.165) is 60.3 Å². The van der Waals surface area contributed by atoms with E-state index in [9.17, 15) is 9.59 Å². The van der Waals surface area contributed by atoms with Crippen molar-refractivity contribution in [2.75, 3.05) is 38.7 Å². The summed E-state index contributed by atoms with van der Waals surface area (Å²) in [6.45, 7) is 8.02. The molecule has 9 heteroatoms. The van der Waals surface area contributed by atoms with Crippen molar-refractivity contribution in [2.45, 2.75) is 51.6 Å². The lowest BCUT2D eigenvalue weighted by atomic mass is 9.56. The Bertz CT molecular complexity index is 1390. The van der Waals surface area contributed by atoms with Crippen molar-refractivity contribution in [2.24, 2.45) is 5.41 Å². The Balaban J connectivity index is 1.41. The highest BCUT2D eigenvalue weighted by atomic mass is 16.5. The van der Waals surface area contributed by atoms with E-state index >= 15 is 0 Å². The molecule has 194 valence electrons. The molecular formula is C28H33N5O4. The molecule has 2 amide bonds. The molecule has 9 nitrogen and oxygen atoms in total. The van der Waals surface area contributed by atoms with E-state index in [2.05, 4.69) is 40.1 Å². The van der Waals surface area contributed by atoms with Gasteiger partial charge in [-0.2, -0.15) is 0 Å². The molecule has 3 aromatic heterocycles. The number of methoxy groups -OCH3 is 1. The van der Waals surface area contributed by atoms with Gasteiger partial charge in [0.2, 0.25) is 11.8 Å². The van der Waals surface area contributed by atoms with Crippen LogP contribution in [-0.2, 0) is 24.7 Å². The van der Waals surface area contributed by atoms with Crippen LogP contribution in [0.3, 0.4) is 0 Å². The minimum Gasteiger partial charge on any atom is -0.378 e. The summed E-state index contributed by atoms with van der Waals surface area (Å²) in [5, 5.41) is 3.88. The second-order valence-electron chi connectivity index (χ2n) is 11.1. The van der Waals surface area contributed by atoms with Crippen molar-refractivity contribution in [3.8, 4) is 5.82 Å². The zero-order valence-corrected chi connectivity index (χ0v) is 21.8. The fourth-order valence-electron chi connectivity index (χ4n) is 6.38. The summed E-state index contributed by atoms with van der Waals surface area (Å²) in [5.74, 6) is 1.70. The average molecular weight is 504 g/mol. The number of fused-ring (bicyclic) bond motifs is 1. The number of pyridine rings is 2. The number of carbonyl (C=O) groups excluding carboxylic acids is 2. The van der Waals surface area contributed by atoms with Crippen molar-refractivity contribution in [3.05, 3.63) is 47.4 Å². The van der Waals surface area contributed by atoms with Crippen LogP contribution in [0.25, 0.3) is 16.7 Å². The molecule has 6 rings (SSSR count). The Morgan fingerprint density at radius 1 is 1.19 bits per heavy atom. The summed E-state index contributed by atoms with van der Waals surface area (Å²) >= 11 is 0. The smallest absolute Gasteiger partial charge is 0.222 e. The van der Waals surface area contributed by atoms with Crippen molar-refractivity contribution < 1.29 is 19.1 Å². The second kappa shape index (κ2) is 8.63. The molecule has 0 aromatic carbocycles. The van der Waals surface area contributed by atoms with Crippen molar-refractivity contribution >= 4 is 28.5 Å². The lowest BCUT2D eigenvalue weighted by Crippen LogP contribution is -2.62. The molecule has 37 heavy (non-hydrogen) atoms. The molecule has 1 atom stereocenters. The fraction of sp³-hybridized carbons (Fsp3) is 0.500. The molecule has 3 aromatic rings. The predicted octanol–water partition coefficient (Wildman–Crippen LogP) is 3.68. The first-order valence-electron chi connectivity index (χ1n) is 12.9. The second-order valence-corrected chi connectivity index (χ2v) is 11.1. The Kier molecular flexibility index (Phi) is 5.61. The maximum absolute atomic E-state index is 11.7. The molecule has 2 saturated heterocycles. The molecular weight excluding hydrogens is 470 g/mol. The molecule has 0 bridgehead atoms. The van der Waals surface area contributed by atoms with Crippen molar-refractivity contribution in [3.63, 3.8) is 0 Å². The summed E-state index contributed by atoms with van der Waals surface area (Å²) in [7, 11) is 1.72. The Morgan fingerprint density at radius 2 is 1.97 bits per heavy atom. The van der Waals surface area contributed by atoms with Gasteiger partial charge in [0.15, 0.2) is 0 Å². The highest BCUT2D eigenvalue weighted by molar-refractivity contribution is 5.92. The summed E-state index contributed by atoms with van der Waals surface area (Å²) in [6, 6.07) is 6.07. The third kappa shape index (κ3) is 4.01. The van der Waals surface area contributed by atoms with Gasteiger partial charge in [0.1, 0.15) is 17.2 Å². The molecule has 1 aliphatic carbocycles. The van der Waals surface area contributed by atoms with Crippen LogP contribution >= 0.6 is 0 Å². The minimum absolute atomic E-state index is 0.156. The number of rotatable bonds is 5. The normalized spacial score (nSPS) is 22.8. The van der Waals surface area contributed by atoms with Crippen LogP contribution in [0.5, 0.6) is 0 Å². The molecule has 3 aliphatic rings.